The van der Waals surface area contributed by atoms with Crippen molar-refractivity contribution in [3.63, 3.8) is 0 Å². The highest BCUT2D eigenvalue weighted by molar-refractivity contribution is 9.10. The Kier molecular flexibility index (Phi) is 4.30. The fraction of sp³-hybridized carbons (Fsp3) is 0.647. The first kappa shape index (κ1) is 15.3. The molecule has 3 unspecified atom stereocenters. The Morgan fingerprint density at radius 2 is 2.14 bits per heavy atom. The summed E-state index contributed by atoms with van der Waals surface area (Å²) in [6.45, 7) is 3.57. The molecule has 21 heavy (non-hydrogen) atoms. The minimum absolute atomic E-state index is 0.362. The van der Waals surface area contributed by atoms with Gasteiger partial charge in [0.1, 0.15) is 0 Å². The number of hydrogen-bond donors (Lipinski definition) is 2. The number of fused-ring (bicyclic) bond motifs is 1. The Morgan fingerprint density at radius 1 is 1.33 bits per heavy atom. The van der Waals surface area contributed by atoms with Crippen molar-refractivity contribution in [3.8, 4) is 0 Å². The predicted molar refractivity (Wildman–Crippen MR) is 88.5 cm³/mol. The van der Waals surface area contributed by atoms with Crippen molar-refractivity contribution in [2.75, 3.05) is 18.0 Å². The summed E-state index contributed by atoms with van der Waals surface area (Å²) in [5, 5.41) is 20.8. The Bertz CT molecular complexity index is 520. The third-order valence-electron chi connectivity index (χ3n) is 5.21. The van der Waals surface area contributed by atoms with Crippen LogP contribution < -0.4 is 4.90 Å². The summed E-state index contributed by atoms with van der Waals surface area (Å²) in [6, 6.07) is 6.06. The van der Waals surface area contributed by atoms with Crippen molar-refractivity contribution >= 4 is 21.6 Å². The van der Waals surface area contributed by atoms with E-state index in [2.05, 4.69) is 26.9 Å². The monoisotopic (exact) mass is 353 g/mol. The van der Waals surface area contributed by atoms with E-state index in [0.29, 0.717) is 5.92 Å². The number of aliphatic hydroxyl groups is 2. The normalized spacial score (nSPS) is 30.9. The van der Waals surface area contributed by atoms with E-state index in [-0.39, 0.29) is 0 Å². The van der Waals surface area contributed by atoms with E-state index in [9.17, 15) is 10.2 Å². The Morgan fingerprint density at radius 3 is 2.90 bits per heavy atom. The summed E-state index contributed by atoms with van der Waals surface area (Å²) < 4.78 is 1.03. The summed E-state index contributed by atoms with van der Waals surface area (Å²) in [5.41, 5.74) is 1.62. The summed E-state index contributed by atoms with van der Waals surface area (Å²) >= 11 is 3.53. The van der Waals surface area contributed by atoms with Crippen LogP contribution in [0.3, 0.4) is 0 Å². The number of hydrogen-bond acceptors (Lipinski definition) is 3. The lowest BCUT2D eigenvalue weighted by Gasteiger charge is -2.48. The molecule has 0 bridgehead atoms. The van der Waals surface area contributed by atoms with Crippen LogP contribution in [-0.2, 0) is 0 Å². The molecule has 1 aromatic carbocycles. The number of piperidine rings is 1. The Hall–Kier alpha value is -0.580. The maximum Gasteiger partial charge on any atom is 0.0782 e. The molecule has 2 fully saturated rings. The van der Waals surface area contributed by atoms with Gasteiger partial charge in [0, 0.05) is 34.7 Å². The smallest absolute Gasteiger partial charge is 0.0782 e. The van der Waals surface area contributed by atoms with E-state index in [1.807, 2.05) is 19.1 Å². The van der Waals surface area contributed by atoms with Crippen molar-refractivity contribution in [3.05, 3.63) is 28.2 Å². The summed E-state index contributed by atoms with van der Waals surface area (Å²) in [4.78, 5) is 2.34. The highest BCUT2D eigenvalue weighted by atomic mass is 79.9. The molecule has 116 valence electrons. The zero-order valence-corrected chi connectivity index (χ0v) is 14.1. The molecular formula is C17H24BrNO2. The molecule has 2 aliphatic rings. The quantitative estimate of drug-likeness (QED) is 0.852. The van der Waals surface area contributed by atoms with Gasteiger partial charge < -0.3 is 15.1 Å². The molecule has 1 heterocycles. The lowest BCUT2D eigenvalue weighted by atomic mass is 9.71. The molecule has 0 spiro atoms. The SMILES string of the molecule is CC(O)c1ccc(Br)cc1N1CCC2(O)CCCCC2C1. The molecule has 1 aliphatic heterocycles. The molecule has 4 heteroatoms. The van der Waals surface area contributed by atoms with Gasteiger partial charge in [-0.15, -0.1) is 0 Å². The second kappa shape index (κ2) is 5.90. The number of aliphatic hydroxyl groups excluding tert-OH is 1. The fourth-order valence-corrected chi connectivity index (χ4v) is 4.28. The number of anilines is 1. The van der Waals surface area contributed by atoms with Crippen LogP contribution in [0.4, 0.5) is 5.69 Å². The molecular weight excluding hydrogens is 330 g/mol. The van der Waals surface area contributed by atoms with E-state index >= 15 is 0 Å². The maximum absolute atomic E-state index is 10.8. The van der Waals surface area contributed by atoms with Crippen LogP contribution in [0.5, 0.6) is 0 Å². The zero-order valence-electron chi connectivity index (χ0n) is 12.6. The average molecular weight is 354 g/mol. The first-order valence-electron chi connectivity index (χ1n) is 7.94. The summed E-state index contributed by atoms with van der Waals surface area (Å²) in [7, 11) is 0. The average Bonchev–Trinajstić information content (AvgIpc) is 2.45. The van der Waals surface area contributed by atoms with Crippen molar-refractivity contribution in [1.82, 2.24) is 0 Å². The number of benzene rings is 1. The molecule has 1 aromatic rings. The van der Waals surface area contributed by atoms with Gasteiger partial charge >= 0.3 is 0 Å². The predicted octanol–water partition coefficient (Wildman–Crippen LogP) is 3.63. The molecule has 1 saturated carbocycles. The van der Waals surface area contributed by atoms with Gasteiger partial charge in [-0.25, -0.2) is 0 Å². The fourth-order valence-electron chi connectivity index (χ4n) is 3.93. The zero-order chi connectivity index (χ0) is 15.0. The first-order chi connectivity index (χ1) is 9.99. The lowest BCUT2D eigenvalue weighted by molar-refractivity contribution is -0.0613. The molecule has 3 atom stereocenters. The van der Waals surface area contributed by atoms with Crippen molar-refractivity contribution in [2.45, 2.75) is 50.7 Å². The van der Waals surface area contributed by atoms with Crippen LogP contribution >= 0.6 is 15.9 Å². The van der Waals surface area contributed by atoms with Crippen LogP contribution in [0.2, 0.25) is 0 Å². The molecule has 0 amide bonds. The van der Waals surface area contributed by atoms with Gasteiger partial charge in [-0.2, -0.15) is 0 Å². The van der Waals surface area contributed by atoms with Crippen LogP contribution in [0, 0.1) is 5.92 Å². The third kappa shape index (κ3) is 2.99. The molecule has 2 N–H and O–H groups in total. The van der Waals surface area contributed by atoms with Crippen LogP contribution in [0.1, 0.15) is 50.7 Å². The van der Waals surface area contributed by atoms with Crippen LogP contribution in [0.15, 0.2) is 22.7 Å². The second-order valence-corrected chi connectivity index (χ2v) is 7.54. The van der Waals surface area contributed by atoms with E-state index < -0.39 is 11.7 Å². The summed E-state index contributed by atoms with van der Waals surface area (Å²) in [5.74, 6) is 0.362. The summed E-state index contributed by atoms with van der Waals surface area (Å²) in [6.07, 6.45) is 4.81. The Balaban J connectivity index is 1.87. The van der Waals surface area contributed by atoms with E-state index in [4.69, 9.17) is 0 Å². The van der Waals surface area contributed by atoms with Crippen molar-refractivity contribution in [1.29, 1.82) is 0 Å². The molecule has 3 nitrogen and oxygen atoms in total. The highest BCUT2D eigenvalue weighted by Crippen LogP contribution is 2.42. The number of halogens is 1. The van der Waals surface area contributed by atoms with Crippen molar-refractivity contribution < 1.29 is 10.2 Å². The van der Waals surface area contributed by atoms with Gasteiger partial charge in [0.2, 0.25) is 0 Å². The lowest BCUT2D eigenvalue weighted by Crippen LogP contribution is -2.53. The largest absolute Gasteiger partial charge is 0.389 e. The van der Waals surface area contributed by atoms with Crippen molar-refractivity contribution in [2.24, 2.45) is 5.92 Å². The third-order valence-corrected chi connectivity index (χ3v) is 5.70. The van der Waals surface area contributed by atoms with E-state index in [1.54, 1.807) is 0 Å². The van der Waals surface area contributed by atoms with Crippen LogP contribution in [-0.4, -0.2) is 28.9 Å². The van der Waals surface area contributed by atoms with Gasteiger partial charge in [0.15, 0.2) is 0 Å². The maximum atomic E-state index is 10.8. The molecule has 0 aromatic heterocycles. The second-order valence-electron chi connectivity index (χ2n) is 6.62. The number of rotatable bonds is 2. The number of nitrogens with zero attached hydrogens (tertiary/aromatic N) is 1. The standard InChI is InChI=1S/C17H24BrNO2/c1-12(20)15-6-5-14(18)10-16(15)19-9-8-17(21)7-3-2-4-13(17)11-19/h5-6,10,12-13,20-21H,2-4,7-9,11H2,1H3. The van der Waals surface area contributed by atoms with E-state index in [1.165, 1.54) is 6.42 Å². The highest BCUT2D eigenvalue weighted by Gasteiger charge is 2.43. The van der Waals surface area contributed by atoms with Gasteiger partial charge in [-0.3, -0.25) is 0 Å². The van der Waals surface area contributed by atoms with Gasteiger partial charge in [-0.1, -0.05) is 34.8 Å². The van der Waals surface area contributed by atoms with Gasteiger partial charge in [0.05, 0.1) is 11.7 Å². The molecule has 3 rings (SSSR count). The van der Waals surface area contributed by atoms with E-state index in [0.717, 1.165) is 54.5 Å². The van der Waals surface area contributed by atoms with Crippen LogP contribution in [0.25, 0.3) is 0 Å². The van der Waals surface area contributed by atoms with Gasteiger partial charge in [-0.05, 0) is 38.3 Å². The Labute approximate surface area is 135 Å². The molecule has 1 aliphatic carbocycles. The minimum atomic E-state index is -0.472. The minimum Gasteiger partial charge on any atom is -0.389 e. The molecule has 1 saturated heterocycles. The topological polar surface area (TPSA) is 43.7 Å². The first-order valence-corrected chi connectivity index (χ1v) is 8.74. The molecule has 0 radical (unpaired) electrons. The van der Waals surface area contributed by atoms with Gasteiger partial charge in [0.25, 0.3) is 0 Å².